The molecule has 0 fully saturated rings. The summed E-state index contributed by atoms with van der Waals surface area (Å²) in [6.07, 6.45) is 1.47. The minimum atomic E-state index is -0.983. The fourth-order valence-corrected chi connectivity index (χ4v) is 2.23. The summed E-state index contributed by atoms with van der Waals surface area (Å²) in [6.45, 7) is 10.6. The first-order valence-corrected chi connectivity index (χ1v) is 6.59. The molecule has 0 aliphatic carbocycles. The van der Waals surface area contributed by atoms with Crippen molar-refractivity contribution in [1.29, 1.82) is 5.26 Å². The molecule has 0 saturated carbocycles. The largest absolute Gasteiger partial charge is 0.309 e. The lowest BCUT2D eigenvalue weighted by molar-refractivity contribution is 0.554. The maximum absolute atomic E-state index is 14.0. The van der Waals surface area contributed by atoms with Gasteiger partial charge in [0.25, 0.3) is 0 Å². The van der Waals surface area contributed by atoms with Crippen LogP contribution in [0.1, 0.15) is 25.3 Å². The molecule has 0 saturated heterocycles. The fourth-order valence-electron chi connectivity index (χ4n) is 2.23. The number of hydrogen-bond donors (Lipinski definition) is 0. The Bertz CT molecular complexity index is 785. The van der Waals surface area contributed by atoms with Crippen LogP contribution in [0.2, 0.25) is 0 Å². The molecule has 1 aromatic carbocycles. The second-order valence-corrected chi connectivity index (χ2v) is 5.39. The SMILES string of the molecule is [C-]#[N+]C(C)(C)C(C#N)c1cccnc1-c1ccc(F)cc1F. The van der Waals surface area contributed by atoms with Crippen LogP contribution >= 0.6 is 0 Å². The molecule has 1 heterocycles. The van der Waals surface area contributed by atoms with Crippen LogP contribution in [0.3, 0.4) is 0 Å². The van der Waals surface area contributed by atoms with Gasteiger partial charge in [0.15, 0.2) is 5.92 Å². The van der Waals surface area contributed by atoms with Gasteiger partial charge in [0.2, 0.25) is 5.54 Å². The highest BCUT2D eigenvalue weighted by Gasteiger charge is 2.38. The van der Waals surface area contributed by atoms with Crippen molar-refractivity contribution in [1.82, 2.24) is 4.98 Å². The van der Waals surface area contributed by atoms with E-state index in [4.69, 9.17) is 6.57 Å². The Hall–Kier alpha value is -2.79. The third-order valence-corrected chi connectivity index (χ3v) is 3.46. The van der Waals surface area contributed by atoms with Crippen LogP contribution in [0.15, 0.2) is 36.5 Å². The summed E-state index contributed by atoms with van der Waals surface area (Å²) in [6, 6.07) is 8.57. The number of pyridine rings is 1. The first-order valence-electron chi connectivity index (χ1n) is 6.59. The van der Waals surface area contributed by atoms with E-state index in [1.807, 2.05) is 0 Å². The van der Waals surface area contributed by atoms with Gasteiger partial charge in [-0.25, -0.2) is 15.4 Å². The second kappa shape index (κ2) is 5.91. The topological polar surface area (TPSA) is 41.0 Å². The molecule has 5 heteroatoms. The van der Waals surface area contributed by atoms with E-state index in [0.717, 1.165) is 12.1 Å². The Kier molecular flexibility index (Phi) is 4.19. The van der Waals surface area contributed by atoms with Crippen LogP contribution < -0.4 is 0 Å². The standard InChI is InChI=1S/C17H13F2N3/c1-17(2,21-3)14(10-20)12-5-4-8-22-16(12)13-7-6-11(18)9-15(13)19/h4-9,14H,1-2H3. The molecule has 1 unspecified atom stereocenters. The summed E-state index contributed by atoms with van der Waals surface area (Å²) in [5, 5.41) is 9.46. The zero-order valence-corrected chi connectivity index (χ0v) is 12.1. The van der Waals surface area contributed by atoms with Gasteiger partial charge in [-0.1, -0.05) is 6.07 Å². The van der Waals surface area contributed by atoms with Crippen molar-refractivity contribution in [2.45, 2.75) is 25.3 Å². The van der Waals surface area contributed by atoms with Crippen molar-refractivity contribution < 1.29 is 8.78 Å². The Balaban J connectivity index is 2.66. The van der Waals surface area contributed by atoms with Gasteiger partial charge < -0.3 is 4.85 Å². The van der Waals surface area contributed by atoms with Gasteiger partial charge in [-0.05, 0) is 18.2 Å². The lowest BCUT2D eigenvalue weighted by Crippen LogP contribution is -2.25. The van der Waals surface area contributed by atoms with Crippen molar-refractivity contribution in [2.24, 2.45) is 0 Å². The maximum atomic E-state index is 14.0. The predicted octanol–water partition coefficient (Wildman–Crippen LogP) is 4.33. The van der Waals surface area contributed by atoms with Crippen LogP contribution in [0.5, 0.6) is 0 Å². The van der Waals surface area contributed by atoms with Gasteiger partial charge in [0.05, 0.1) is 11.8 Å². The summed E-state index contributed by atoms with van der Waals surface area (Å²) < 4.78 is 27.1. The van der Waals surface area contributed by atoms with E-state index < -0.39 is 23.1 Å². The Labute approximate surface area is 127 Å². The van der Waals surface area contributed by atoms with Gasteiger partial charge >= 0.3 is 0 Å². The summed E-state index contributed by atoms with van der Waals surface area (Å²) in [7, 11) is 0. The molecule has 3 nitrogen and oxygen atoms in total. The zero-order chi connectivity index (χ0) is 16.3. The zero-order valence-electron chi connectivity index (χ0n) is 12.1. The highest BCUT2D eigenvalue weighted by molar-refractivity contribution is 5.65. The molecule has 0 aliphatic heterocycles. The first kappa shape index (κ1) is 15.6. The van der Waals surface area contributed by atoms with E-state index in [9.17, 15) is 14.0 Å². The van der Waals surface area contributed by atoms with Gasteiger partial charge in [0, 0.05) is 37.2 Å². The van der Waals surface area contributed by atoms with E-state index in [2.05, 4.69) is 15.9 Å². The van der Waals surface area contributed by atoms with Crippen LogP contribution in [-0.2, 0) is 0 Å². The number of rotatable bonds is 3. The van der Waals surface area contributed by atoms with E-state index in [1.54, 1.807) is 26.0 Å². The van der Waals surface area contributed by atoms with Gasteiger partial charge in [-0.15, -0.1) is 0 Å². The summed E-state index contributed by atoms with van der Waals surface area (Å²) in [4.78, 5) is 7.62. The summed E-state index contributed by atoms with van der Waals surface area (Å²) in [5.41, 5.74) is -0.166. The van der Waals surface area contributed by atoms with Crippen molar-refractivity contribution in [2.75, 3.05) is 0 Å². The molecule has 2 rings (SSSR count). The van der Waals surface area contributed by atoms with E-state index >= 15 is 0 Å². The van der Waals surface area contributed by atoms with Crippen molar-refractivity contribution in [3.8, 4) is 17.3 Å². The third-order valence-electron chi connectivity index (χ3n) is 3.46. The highest BCUT2D eigenvalue weighted by atomic mass is 19.1. The number of aromatic nitrogens is 1. The van der Waals surface area contributed by atoms with Crippen molar-refractivity contribution in [3.05, 3.63) is 65.1 Å². The van der Waals surface area contributed by atoms with E-state index in [0.29, 0.717) is 5.56 Å². The average molecular weight is 297 g/mol. The predicted molar refractivity (Wildman–Crippen MR) is 78.6 cm³/mol. The first-order chi connectivity index (χ1) is 10.4. The third kappa shape index (κ3) is 2.80. The van der Waals surface area contributed by atoms with Crippen LogP contribution in [0.25, 0.3) is 16.1 Å². The van der Waals surface area contributed by atoms with Crippen molar-refractivity contribution >= 4 is 0 Å². The summed E-state index contributed by atoms with van der Waals surface area (Å²) >= 11 is 0. The minimum Gasteiger partial charge on any atom is -0.309 e. The second-order valence-electron chi connectivity index (χ2n) is 5.39. The minimum absolute atomic E-state index is 0.109. The van der Waals surface area contributed by atoms with Crippen LogP contribution in [0, 0.1) is 29.5 Å². The maximum Gasteiger partial charge on any atom is 0.246 e. The molecule has 2 aromatic rings. The van der Waals surface area contributed by atoms with Gasteiger partial charge in [-0.3, -0.25) is 4.98 Å². The van der Waals surface area contributed by atoms with Gasteiger partial charge in [-0.2, -0.15) is 5.26 Å². The normalized spacial score (nSPS) is 12.3. The molecular formula is C17H13F2N3. The average Bonchev–Trinajstić information content (AvgIpc) is 2.49. The Morgan fingerprint density at radius 2 is 2.05 bits per heavy atom. The molecule has 1 aromatic heterocycles. The highest BCUT2D eigenvalue weighted by Crippen LogP contribution is 2.36. The number of halogens is 2. The molecule has 1 atom stereocenters. The van der Waals surface area contributed by atoms with Gasteiger partial charge in [0.1, 0.15) is 11.6 Å². The number of nitrogens with zero attached hydrogens (tertiary/aromatic N) is 3. The molecule has 0 bridgehead atoms. The number of benzene rings is 1. The fraction of sp³-hybridized carbons (Fsp3) is 0.235. The Morgan fingerprint density at radius 1 is 1.32 bits per heavy atom. The van der Waals surface area contributed by atoms with E-state index in [-0.39, 0.29) is 11.3 Å². The Morgan fingerprint density at radius 3 is 2.64 bits per heavy atom. The summed E-state index contributed by atoms with van der Waals surface area (Å²) in [5.74, 6) is -2.22. The van der Waals surface area contributed by atoms with E-state index in [1.165, 1.54) is 12.3 Å². The van der Waals surface area contributed by atoms with Crippen LogP contribution in [0.4, 0.5) is 8.78 Å². The quantitative estimate of drug-likeness (QED) is 0.791. The molecule has 0 N–H and O–H groups in total. The van der Waals surface area contributed by atoms with Crippen LogP contribution in [-0.4, -0.2) is 10.5 Å². The molecule has 0 radical (unpaired) electrons. The molecular weight excluding hydrogens is 284 g/mol. The molecule has 0 spiro atoms. The smallest absolute Gasteiger partial charge is 0.246 e. The lowest BCUT2D eigenvalue weighted by Gasteiger charge is -2.20. The lowest BCUT2D eigenvalue weighted by atomic mass is 9.82. The molecule has 0 amide bonds. The number of nitriles is 1. The van der Waals surface area contributed by atoms with Crippen molar-refractivity contribution in [3.63, 3.8) is 0 Å². The molecule has 22 heavy (non-hydrogen) atoms. The molecule has 110 valence electrons. The number of hydrogen-bond acceptors (Lipinski definition) is 2. The monoisotopic (exact) mass is 297 g/mol. The molecule has 0 aliphatic rings.